The van der Waals surface area contributed by atoms with Crippen LogP contribution in [0.15, 0.2) is 48.5 Å². The molecule has 0 aliphatic carbocycles. The molecule has 28 heavy (non-hydrogen) atoms. The van der Waals surface area contributed by atoms with Gasteiger partial charge in [0.1, 0.15) is 12.6 Å². The molecule has 2 aromatic rings. The summed E-state index contributed by atoms with van der Waals surface area (Å²) in [5.41, 5.74) is 1.83. The van der Waals surface area contributed by atoms with Gasteiger partial charge in [0.2, 0.25) is 12.7 Å². The van der Waals surface area contributed by atoms with Crippen molar-refractivity contribution in [2.45, 2.75) is 32.0 Å². The third-order valence-electron chi connectivity index (χ3n) is 4.90. The van der Waals surface area contributed by atoms with E-state index in [-0.39, 0.29) is 19.3 Å². The van der Waals surface area contributed by atoms with Crippen molar-refractivity contribution in [3.8, 4) is 11.5 Å². The van der Waals surface area contributed by atoms with Crippen LogP contribution in [-0.2, 0) is 22.7 Å². The lowest BCUT2D eigenvalue weighted by Crippen LogP contribution is -2.45. The van der Waals surface area contributed by atoms with Crippen molar-refractivity contribution < 1.29 is 23.8 Å². The molecule has 0 radical (unpaired) electrons. The van der Waals surface area contributed by atoms with Crippen LogP contribution in [-0.4, -0.2) is 36.3 Å². The molecule has 0 aromatic heterocycles. The number of ether oxygens (including phenoxy) is 3. The average Bonchev–Trinajstić information content (AvgIpc) is 3.40. The zero-order valence-corrected chi connectivity index (χ0v) is 15.4. The standard InChI is InChI=1S/C21H22N2O5/c24-20(22-12-16-8-9-18-19(11-16)28-14-27-18)17-7-4-10-23(17)21(25)26-13-15-5-2-1-3-6-15/h1-3,5-6,8-9,11,17H,4,7,10,12-14H2,(H,22,24)/t17-/m1/s1. The quantitative estimate of drug-likeness (QED) is 0.861. The molecule has 2 heterocycles. The molecular weight excluding hydrogens is 360 g/mol. The third-order valence-corrected chi connectivity index (χ3v) is 4.90. The number of hydrogen-bond acceptors (Lipinski definition) is 5. The van der Waals surface area contributed by atoms with Crippen LogP contribution in [0.2, 0.25) is 0 Å². The van der Waals surface area contributed by atoms with E-state index in [9.17, 15) is 9.59 Å². The Labute approximate surface area is 163 Å². The van der Waals surface area contributed by atoms with E-state index < -0.39 is 12.1 Å². The van der Waals surface area contributed by atoms with E-state index in [2.05, 4.69) is 5.32 Å². The molecular formula is C21H22N2O5. The predicted molar refractivity (Wildman–Crippen MR) is 101 cm³/mol. The van der Waals surface area contributed by atoms with Crippen molar-refractivity contribution >= 4 is 12.0 Å². The second-order valence-electron chi connectivity index (χ2n) is 6.80. The minimum Gasteiger partial charge on any atom is -0.454 e. The van der Waals surface area contributed by atoms with E-state index >= 15 is 0 Å². The minimum atomic E-state index is -0.503. The number of carbonyl (C=O) groups excluding carboxylic acids is 2. The van der Waals surface area contributed by atoms with Crippen LogP contribution in [0.3, 0.4) is 0 Å². The lowest BCUT2D eigenvalue weighted by molar-refractivity contribution is -0.125. The van der Waals surface area contributed by atoms with E-state index in [1.54, 1.807) is 0 Å². The van der Waals surface area contributed by atoms with Gasteiger partial charge in [-0.05, 0) is 36.1 Å². The topological polar surface area (TPSA) is 77.1 Å². The highest BCUT2D eigenvalue weighted by molar-refractivity contribution is 5.86. The molecule has 0 bridgehead atoms. The van der Waals surface area contributed by atoms with Crippen molar-refractivity contribution in [2.75, 3.05) is 13.3 Å². The highest BCUT2D eigenvalue weighted by Crippen LogP contribution is 2.32. The van der Waals surface area contributed by atoms with Gasteiger partial charge in [0.25, 0.3) is 0 Å². The maximum Gasteiger partial charge on any atom is 0.410 e. The monoisotopic (exact) mass is 382 g/mol. The first-order valence-electron chi connectivity index (χ1n) is 9.34. The summed E-state index contributed by atoms with van der Waals surface area (Å²) in [7, 11) is 0. The predicted octanol–water partition coefficient (Wildman–Crippen LogP) is 2.83. The second-order valence-corrected chi connectivity index (χ2v) is 6.80. The molecule has 2 amide bonds. The van der Waals surface area contributed by atoms with Gasteiger partial charge in [0.05, 0.1) is 0 Å². The Morgan fingerprint density at radius 2 is 1.89 bits per heavy atom. The molecule has 0 saturated carbocycles. The summed E-state index contributed by atoms with van der Waals surface area (Å²) in [5, 5.41) is 2.91. The van der Waals surface area contributed by atoms with Crippen LogP contribution >= 0.6 is 0 Å². The maximum absolute atomic E-state index is 12.6. The fourth-order valence-electron chi connectivity index (χ4n) is 3.42. The van der Waals surface area contributed by atoms with Gasteiger partial charge in [-0.25, -0.2) is 4.79 Å². The summed E-state index contributed by atoms with van der Waals surface area (Å²) in [6, 6.07) is 14.5. The first-order valence-corrected chi connectivity index (χ1v) is 9.34. The molecule has 0 unspecified atom stereocenters. The van der Waals surface area contributed by atoms with E-state index in [1.165, 1.54) is 4.90 Å². The molecule has 1 N–H and O–H groups in total. The zero-order chi connectivity index (χ0) is 19.3. The maximum atomic E-state index is 12.6. The summed E-state index contributed by atoms with van der Waals surface area (Å²) in [5.74, 6) is 1.21. The van der Waals surface area contributed by atoms with E-state index in [4.69, 9.17) is 14.2 Å². The van der Waals surface area contributed by atoms with E-state index in [0.29, 0.717) is 31.0 Å². The van der Waals surface area contributed by atoms with E-state index in [1.807, 2.05) is 48.5 Å². The zero-order valence-electron chi connectivity index (χ0n) is 15.4. The Kier molecular flexibility index (Phi) is 5.32. The molecule has 1 fully saturated rings. The summed E-state index contributed by atoms with van der Waals surface area (Å²) in [6.45, 7) is 1.30. The van der Waals surface area contributed by atoms with E-state index in [0.717, 1.165) is 17.5 Å². The lowest BCUT2D eigenvalue weighted by atomic mass is 10.1. The largest absolute Gasteiger partial charge is 0.454 e. The summed E-state index contributed by atoms with van der Waals surface area (Å²) < 4.78 is 16.0. The number of carbonyl (C=O) groups is 2. The Bertz CT molecular complexity index is 855. The molecule has 146 valence electrons. The van der Waals surface area contributed by atoms with Crippen molar-refractivity contribution in [1.29, 1.82) is 0 Å². The van der Waals surface area contributed by atoms with Gasteiger partial charge in [-0.15, -0.1) is 0 Å². The normalized spacial score (nSPS) is 17.4. The van der Waals surface area contributed by atoms with Crippen LogP contribution in [0, 0.1) is 0 Å². The summed E-state index contributed by atoms with van der Waals surface area (Å²) >= 11 is 0. The van der Waals surface area contributed by atoms with Gasteiger partial charge in [-0.3, -0.25) is 9.69 Å². The molecule has 2 aliphatic heterocycles. The van der Waals surface area contributed by atoms with Gasteiger partial charge >= 0.3 is 6.09 Å². The molecule has 2 aliphatic rings. The Balaban J connectivity index is 1.31. The number of fused-ring (bicyclic) bond motifs is 1. The van der Waals surface area contributed by atoms with Crippen LogP contribution in [0.4, 0.5) is 4.79 Å². The number of nitrogens with zero attached hydrogens (tertiary/aromatic N) is 1. The molecule has 7 heteroatoms. The van der Waals surface area contributed by atoms with Crippen LogP contribution in [0.5, 0.6) is 11.5 Å². The Morgan fingerprint density at radius 1 is 1.07 bits per heavy atom. The summed E-state index contributed by atoms with van der Waals surface area (Å²) in [4.78, 5) is 26.6. The van der Waals surface area contributed by atoms with Crippen molar-refractivity contribution in [3.05, 3.63) is 59.7 Å². The molecule has 2 aromatic carbocycles. The van der Waals surface area contributed by atoms with Crippen LogP contribution in [0.25, 0.3) is 0 Å². The van der Waals surface area contributed by atoms with Gasteiger partial charge in [-0.2, -0.15) is 0 Å². The average molecular weight is 382 g/mol. The minimum absolute atomic E-state index is 0.174. The highest BCUT2D eigenvalue weighted by Gasteiger charge is 2.35. The fraction of sp³-hybridized carbons (Fsp3) is 0.333. The van der Waals surface area contributed by atoms with Crippen molar-refractivity contribution in [1.82, 2.24) is 10.2 Å². The number of rotatable bonds is 5. The number of hydrogen-bond donors (Lipinski definition) is 1. The second kappa shape index (κ2) is 8.21. The van der Waals surface area contributed by atoms with Crippen molar-refractivity contribution in [3.63, 3.8) is 0 Å². The number of benzene rings is 2. The molecule has 1 atom stereocenters. The Morgan fingerprint density at radius 3 is 2.75 bits per heavy atom. The number of amides is 2. The first-order chi connectivity index (χ1) is 13.7. The highest BCUT2D eigenvalue weighted by atomic mass is 16.7. The first kappa shape index (κ1) is 18.2. The van der Waals surface area contributed by atoms with Crippen molar-refractivity contribution in [2.24, 2.45) is 0 Å². The third kappa shape index (κ3) is 4.03. The SMILES string of the molecule is O=C(NCc1ccc2c(c1)OCO2)[C@H]1CCCN1C(=O)OCc1ccccc1. The molecule has 7 nitrogen and oxygen atoms in total. The molecule has 1 saturated heterocycles. The van der Waals surface area contributed by atoms with Gasteiger partial charge in [-0.1, -0.05) is 36.4 Å². The smallest absolute Gasteiger partial charge is 0.410 e. The lowest BCUT2D eigenvalue weighted by Gasteiger charge is -2.23. The van der Waals surface area contributed by atoms with Crippen LogP contribution in [0.1, 0.15) is 24.0 Å². The van der Waals surface area contributed by atoms with Crippen LogP contribution < -0.4 is 14.8 Å². The van der Waals surface area contributed by atoms with Gasteiger partial charge in [0.15, 0.2) is 11.5 Å². The molecule has 0 spiro atoms. The van der Waals surface area contributed by atoms with Gasteiger partial charge < -0.3 is 19.5 Å². The summed E-state index contributed by atoms with van der Waals surface area (Å²) in [6.07, 6.45) is 0.959. The number of nitrogens with one attached hydrogen (secondary N) is 1. The Hall–Kier alpha value is -3.22. The number of likely N-dealkylation sites (tertiary alicyclic amines) is 1. The van der Waals surface area contributed by atoms with Gasteiger partial charge in [0, 0.05) is 13.1 Å². The molecule has 4 rings (SSSR count). The fourth-order valence-corrected chi connectivity index (χ4v) is 3.42.